The average Bonchev–Trinajstić information content (AvgIpc) is 3.21. The summed E-state index contributed by atoms with van der Waals surface area (Å²) in [6.45, 7) is 8.00. The van der Waals surface area contributed by atoms with Crippen molar-refractivity contribution in [2.75, 3.05) is 59.6 Å². The highest BCUT2D eigenvalue weighted by molar-refractivity contribution is 5.98. The first-order chi connectivity index (χ1) is 28.7. The molecule has 0 aliphatic heterocycles. The van der Waals surface area contributed by atoms with E-state index >= 15 is 0 Å². The van der Waals surface area contributed by atoms with Crippen molar-refractivity contribution in [3.05, 3.63) is 56.8 Å². The van der Waals surface area contributed by atoms with E-state index in [4.69, 9.17) is 41.6 Å². The molecule has 3 aromatic rings. The minimum atomic E-state index is -0.880. The van der Waals surface area contributed by atoms with Crippen molar-refractivity contribution in [3.63, 3.8) is 0 Å². The maximum atomic E-state index is 14.5. The summed E-state index contributed by atoms with van der Waals surface area (Å²) in [4.78, 5) is 66.3. The van der Waals surface area contributed by atoms with Gasteiger partial charge in [-0.2, -0.15) is 0 Å². The molecule has 2 unspecified atom stereocenters. The van der Waals surface area contributed by atoms with E-state index in [0.29, 0.717) is 37.9 Å². The second kappa shape index (κ2) is 24.4. The molecule has 0 saturated carbocycles. The molecule has 0 spiro atoms. The van der Waals surface area contributed by atoms with Gasteiger partial charge in [-0.15, -0.1) is 0 Å². The first-order valence-electron chi connectivity index (χ1n) is 20.0. The Balaban J connectivity index is 2.13. The Hall–Kier alpha value is -5.69. The van der Waals surface area contributed by atoms with Gasteiger partial charge in [0.15, 0.2) is 24.7 Å². The average molecular weight is 839 g/mol. The van der Waals surface area contributed by atoms with E-state index in [1.807, 2.05) is 39.8 Å². The van der Waals surface area contributed by atoms with Crippen LogP contribution in [0.5, 0.6) is 23.0 Å². The zero-order chi connectivity index (χ0) is 44.4. The van der Waals surface area contributed by atoms with Gasteiger partial charge in [-0.1, -0.05) is 23.3 Å². The van der Waals surface area contributed by atoms with Crippen LogP contribution in [-0.4, -0.2) is 100 Å². The highest BCUT2D eigenvalue weighted by atomic mass is 16.5. The van der Waals surface area contributed by atoms with Crippen LogP contribution in [0.1, 0.15) is 64.5 Å². The summed E-state index contributed by atoms with van der Waals surface area (Å²) in [5.41, 5.74) is 24.2. The number of phenols is 1. The van der Waals surface area contributed by atoms with Gasteiger partial charge in [0.2, 0.25) is 17.2 Å². The molecule has 2 aromatic carbocycles. The third kappa shape index (κ3) is 13.7. The molecule has 1 aromatic heterocycles. The van der Waals surface area contributed by atoms with Gasteiger partial charge in [0.1, 0.15) is 40.1 Å². The largest absolute Gasteiger partial charge is 0.507 e. The predicted octanol–water partition coefficient (Wildman–Crippen LogP) is 1.03. The second-order valence-corrected chi connectivity index (χ2v) is 14.6. The number of aromatic hydroxyl groups is 1. The van der Waals surface area contributed by atoms with Crippen LogP contribution in [0, 0.1) is 0 Å². The van der Waals surface area contributed by atoms with E-state index in [1.165, 1.54) is 19.2 Å². The molecule has 2 atom stereocenters. The monoisotopic (exact) mass is 838 g/mol. The van der Waals surface area contributed by atoms with Crippen molar-refractivity contribution in [1.82, 2.24) is 21.3 Å². The zero-order valence-electron chi connectivity index (χ0n) is 35.3. The molecule has 18 nitrogen and oxygen atoms in total. The fourth-order valence-corrected chi connectivity index (χ4v) is 6.24. The fourth-order valence-electron chi connectivity index (χ4n) is 6.24. The third-order valence-electron chi connectivity index (χ3n) is 9.25. The number of rotatable bonds is 25. The van der Waals surface area contributed by atoms with Gasteiger partial charge in [0, 0.05) is 49.4 Å². The van der Waals surface area contributed by atoms with Crippen LogP contribution in [0.25, 0.3) is 21.9 Å². The summed E-state index contributed by atoms with van der Waals surface area (Å²) in [7, 11) is 1.40. The maximum absolute atomic E-state index is 14.5. The number of nitrogens with one attached hydrogen (secondary N) is 4. The second-order valence-electron chi connectivity index (χ2n) is 14.6. The van der Waals surface area contributed by atoms with Gasteiger partial charge in [0.05, 0.1) is 12.5 Å². The first kappa shape index (κ1) is 48.7. The number of hydrogen-bond acceptors (Lipinski definition) is 14. The Labute approximate surface area is 349 Å². The summed E-state index contributed by atoms with van der Waals surface area (Å²) in [5, 5.41) is 22.5. The number of carbonyl (C=O) groups is 4. The normalized spacial score (nSPS) is 11.9. The summed E-state index contributed by atoms with van der Waals surface area (Å²) >= 11 is 0. The predicted molar refractivity (Wildman–Crippen MR) is 230 cm³/mol. The van der Waals surface area contributed by atoms with Crippen LogP contribution in [0.4, 0.5) is 0 Å². The van der Waals surface area contributed by atoms with Gasteiger partial charge < -0.3 is 67.9 Å². The van der Waals surface area contributed by atoms with Gasteiger partial charge in [-0.05, 0) is 79.3 Å². The summed E-state index contributed by atoms with van der Waals surface area (Å²) in [5.74, 6) is -2.14. The number of nitrogens with two attached hydrogens (primary N) is 4. The molecule has 4 amide bonds. The number of allylic oxidation sites excluding steroid dienone is 4. The quantitative estimate of drug-likeness (QED) is 0.0426. The van der Waals surface area contributed by atoms with E-state index in [0.717, 1.165) is 11.1 Å². The molecule has 3 rings (SSSR count). The number of methoxy groups -OCH3 is 1. The lowest BCUT2D eigenvalue weighted by molar-refractivity contribution is -0.130. The van der Waals surface area contributed by atoms with E-state index in [-0.39, 0.29) is 90.2 Å². The van der Waals surface area contributed by atoms with Crippen LogP contribution < -0.4 is 63.8 Å². The molecule has 18 heteroatoms. The SMILES string of the molecule is COc1c(OCC(=O)NC(CCCN)C(=O)NCCN)cc2oc3cc(OCC(=O)NC(CCCN)C(=O)NCCN)c(CC=C(C)C)c(O)c3c(=O)c2c1CC=C(C)C. The van der Waals surface area contributed by atoms with Crippen molar-refractivity contribution in [1.29, 1.82) is 0 Å². The number of carbonyl (C=O) groups excluding carboxylic acids is 4. The van der Waals surface area contributed by atoms with E-state index in [9.17, 15) is 29.1 Å². The minimum Gasteiger partial charge on any atom is -0.507 e. The van der Waals surface area contributed by atoms with Gasteiger partial charge in [-0.3, -0.25) is 24.0 Å². The Morgan fingerprint density at radius 2 is 1.18 bits per heavy atom. The smallest absolute Gasteiger partial charge is 0.258 e. The number of benzene rings is 2. The number of fused-ring (bicyclic) bond motifs is 2. The molecule has 0 bridgehead atoms. The maximum Gasteiger partial charge on any atom is 0.258 e. The molecular weight excluding hydrogens is 777 g/mol. The zero-order valence-corrected chi connectivity index (χ0v) is 35.3. The molecule has 330 valence electrons. The standard InChI is InChI=1S/C42H62N8O10/c1-24(2)10-12-26-30(58-22-34(51)49-28(8-6-14-43)41(55)47-18-16-45)20-32-37(38(26)53)39(54)36-27(13-11-25(3)4)40(57-5)33(21-31(36)60-32)59-23-35(52)50-29(9-7-15-44)42(56)48-19-17-46/h10-11,20-21,28-29,53H,6-9,12-19,22-23,43-46H2,1-5H3,(H,47,55)(H,48,56)(H,49,51)(H,50,52). The fraction of sp³-hybridized carbons (Fsp3) is 0.500. The van der Waals surface area contributed by atoms with Crippen molar-refractivity contribution >= 4 is 45.6 Å². The minimum absolute atomic E-state index is 0.0502. The van der Waals surface area contributed by atoms with Crippen LogP contribution in [0.15, 0.2) is 44.6 Å². The molecule has 0 saturated heterocycles. The number of amides is 4. The Morgan fingerprint density at radius 1 is 0.717 bits per heavy atom. The number of ether oxygens (including phenoxy) is 3. The molecule has 0 radical (unpaired) electrons. The third-order valence-corrected chi connectivity index (χ3v) is 9.25. The van der Waals surface area contributed by atoms with Gasteiger partial charge in [-0.25, -0.2) is 0 Å². The van der Waals surface area contributed by atoms with Crippen LogP contribution in [-0.2, 0) is 32.0 Å². The lowest BCUT2D eigenvalue weighted by Gasteiger charge is -2.20. The molecule has 1 heterocycles. The van der Waals surface area contributed by atoms with Crippen LogP contribution >= 0.6 is 0 Å². The van der Waals surface area contributed by atoms with Crippen LogP contribution in [0.2, 0.25) is 0 Å². The van der Waals surface area contributed by atoms with Crippen molar-refractivity contribution < 1.29 is 42.9 Å². The molecule has 0 aliphatic carbocycles. The van der Waals surface area contributed by atoms with E-state index < -0.39 is 60.1 Å². The highest BCUT2D eigenvalue weighted by Gasteiger charge is 2.27. The lowest BCUT2D eigenvalue weighted by Crippen LogP contribution is -2.49. The van der Waals surface area contributed by atoms with Crippen LogP contribution in [0.3, 0.4) is 0 Å². The Kier molecular flexibility index (Phi) is 19.8. The van der Waals surface area contributed by atoms with Crippen molar-refractivity contribution in [2.24, 2.45) is 22.9 Å². The number of hydrogen-bond donors (Lipinski definition) is 9. The van der Waals surface area contributed by atoms with Crippen molar-refractivity contribution in [2.45, 2.75) is 78.3 Å². The van der Waals surface area contributed by atoms with E-state index in [1.54, 1.807) is 0 Å². The molecule has 13 N–H and O–H groups in total. The summed E-state index contributed by atoms with van der Waals surface area (Å²) in [6.07, 6.45) is 5.60. The number of phenolic OH excluding ortho intramolecular Hbond substituents is 1. The molecular formula is C42H62N8O10. The van der Waals surface area contributed by atoms with E-state index in [2.05, 4.69) is 21.3 Å². The topological polar surface area (TPSA) is 299 Å². The highest BCUT2D eigenvalue weighted by Crippen LogP contribution is 2.41. The van der Waals surface area contributed by atoms with Crippen molar-refractivity contribution in [3.8, 4) is 23.0 Å². The Morgan fingerprint density at radius 3 is 1.65 bits per heavy atom. The molecule has 60 heavy (non-hydrogen) atoms. The Bertz CT molecular complexity index is 2090. The van der Waals surface area contributed by atoms with Gasteiger partial charge in [0.25, 0.3) is 11.8 Å². The molecule has 0 fully saturated rings. The van der Waals surface area contributed by atoms with Gasteiger partial charge >= 0.3 is 0 Å². The lowest BCUT2D eigenvalue weighted by atomic mass is 9.98. The summed E-state index contributed by atoms with van der Waals surface area (Å²) in [6, 6.07) is 1.08. The first-order valence-corrected chi connectivity index (χ1v) is 20.0. The summed E-state index contributed by atoms with van der Waals surface area (Å²) < 4.78 is 24.1. The molecule has 0 aliphatic rings.